The molecule has 0 aliphatic rings. The minimum Gasteiger partial charge on any atom is -0.478 e. The Labute approximate surface area is 197 Å². The smallest absolute Gasteiger partial charge is 0.335 e. The van der Waals surface area contributed by atoms with Gasteiger partial charge in [-0.1, -0.05) is 24.3 Å². The van der Waals surface area contributed by atoms with Crippen molar-refractivity contribution in [2.75, 3.05) is 0 Å². The molecule has 2 N–H and O–H groups in total. The highest BCUT2D eigenvalue weighted by Gasteiger charge is 2.18. The second-order valence-electron chi connectivity index (χ2n) is 7.03. The van der Waals surface area contributed by atoms with E-state index in [0.717, 1.165) is 0 Å². The van der Waals surface area contributed by atoms with Gasteiger partial charge in [-0.2, -0.15) is 0 Å². The predicted octanol–water partition coefficient (Wildman–Crippen LogP) is 5.83. The molecule has 0 amide bonds. The Morgan fingerprint density at radius 3 is 1.26 bits per heavy atom. The standard InChI is InChI=1S/C26H18O7S/c27-25(28)17-9-13-19(14-10-17)32-21-5-1-3-7-23(21)34(31)24-8-4-2-6-22(24)33-20-15-11-18(12-16-20)26(29)30/h1-16H,(H,27,28)(H,29,30). The van der Waals surface area contributed by atoms with Crippen LogP contribution in [0.5, 0.6) is 23.0 Å². The molecular weight excluding hydrogens is 456 g/mol. The SMILES string of the molecule is O=C(O)c1ccc(Oc2ccccc2S(=O)c2ccccc2Oc2ccc(C(=O)O)cc2)cc1. The molecule has 7 nitrogen and oxygen atoms in total. The van der Waals surface area contributed by atoms with E-state index in [1.807, 2.05) is 0 Å². The lowest BCUT2D eigenvalue weighted by Crippen LogP contribution is -2.00. The molecule has 170 valence electrons. The first-order valence-corrected chi connectivity index (χ1v) is 11.2. The third kappa shape index (κ3) is 5.13. The van der Waals surface area contributed by atoms with E-state index in [0.29, 0.717) is 32.8 Å². The maximum absolute atomic E-state index is 13.6. The van der Waals surface area contributed by atoms with E-state index in [4.69, 9.17) is 19.7 Å². The van der Waals surface area contributed by atoms with Gasteiger partial charge in [-0.05, 0) is 72.8 Å². The highest BCUT2D eigenvalue weighted by Crippen LogP contribution is 2.35. The fraction of sp³-hybridized carbons (Fsp3) is 0. The Bertz CT molecular complexity index is 1260. The monoisotopic (exact) mass is 474 g/mol. The summed E-state index contributed by atoms with van der Waals surface area (Å²) in [5, 5.41) is 18.1. The molecule has 0 bridgehead atoms. The first kappa shape index (κ1) is 22.8. The molecule has 0 saturated carbocycles. The van der Waals surface area contributed by atoms with Gasteiger partial charge in [0, 0.05) is 0 Å². The molecule has 0 aliphatic carbocycles. The number of benzene rings is 4. The number of rotatable bonds is 8. The van der Waals surface area contributed by atoms with E-state index < -0.39 is 22.7 Å². The number of carboxylic acid groups (broad SMARTS) is 2. The molecule has 4 aromatic carbocycles. The number of hydrogen-bond acceptors (Lipinski definition) is 5. The minimum atomic E-state index is -1.68. The molecule has 0 aliphatic heterocycles. The van der Waals surface area contributed by atoms with Crippen LogP contribution in [0, 0.1) is 0 Å². The number of aromatic carboxylic acids is 2. The number of carboxylic acids is 2. The Balaban J connectivity index is 1.61. The molecule has 0 unspecified atom stereocenters. The lowest BCUT2D eigenvalue weighted by Gasteiger charge is -2.14. The van der Waals surface area contributed by atoms with Crippen molar-refractivity contribution in [2.24, 2.45) is 0 Å². The summed E-state index contributed by atoms with van der Waals surface area (Å²) in [4.78, 5) is 22.9. The molecule has 0 aromatic heterocycles. The van der Waals surface area contributed by atoms with Gasteiger partial charge in [0.2, 0.25) is 0 Å². The second kappa shape index (κ2) is 10.0. The van der Waals surface area contributed by atoms with Crippen LogP contribution in [-0.4, -0.2) is 26.4 Å². The van der Waals surface area contributed by atoms with E-state index >= 15 is 0 Å². The van der Waals surface area contributed by atoms with E-state index in [-0.39, 0.29) is 11.1 Å². The molecule has 0 atom stereocenters. The molecule has 0 fully saturated rings. The average molecular weight is 474 g/mol. The topological polar surface area (TPSA) is 110 Å². The normalized spacial score (nSPS) is 10.6. The first-order chi connectivity index (χ1) is 16.4. The summed E-state index contributed by atoms with van der Waals surface area (Å²) in [6.07, 6.45) is 0. The Hall–Kier alpha value is -4.43. The van der Waals surface area contributed by atoms with Crippen molar-refractivity contribution in [3.05, 3.63) is 108 Å². The Morgan fingerprint density at radius 2 is 0.912 bits per heavy atom. The summed E-state index contributed by atoms with van der Waals surface area (Å²) in [7, 11) is -1.68. The fourth-order valence-corrected chi connectivity index (χ4v) is 4.30. The molecule has 8 heteroatoms. The lowest BCUT2D eigenvalue weighted by molar-refractivity contribution is 0.0686. The Kier molecular flexibility index (Phi) is 6.70. The van der Waals surface area contributed by atoms with Crippen LogP contribution in [0.3, 0.4) is 0 Å². The zero-order chi connectivity index (χ0) is 24.1. The van der Waals surface area contributed by atoms with Gasteiger partial charge in [-0.25, -0.2) is 13.8 Å². The van der Waals surface area contributed by atoms with Crippen LogP contribution in [0.2, 0.25) is 0 Å². The summed E-state index contributed by atoms with van der Waals surface area (Å²) in [6.45, 7) is 0. The average Bonchev–Trinajstić information content (AvgIpc) is 2.85. The van der Waals surface area contributed by atoms with Gasteiger partial charge in [0.05, 0.1) is 31.7 Å². The van der Waals surface area contributed by atoms with E-state index in [1.54, 1.807) is 48.5 Å². The van der Waals surface area contributed by atoms with Gasteiger partial charge in [0.15, 0.2) is 0 Å². The van der Waals surface area contributed by atoms with Gasteiger partial charge in [-0.15, -0.1) is 0 Å². The van der Waals surface area contributed by atoms with Crippen molar-refractivity contribution >= 4 is 22.7 Å². The summed E-state index contributed by atoms with van der Waals surface area (Å²) in [6, 6.07) is 25.5. The molecule has 0 spiro atoms. The van der Waals surface area contributed by atoms with E-state index in [2.05, 4.69) is 0 Å². The van der Waals surface area contributed by atoms with Gasteiger partial charge in [0.25, 0.3) is 0 Å². The van der Waals surface area contributed by atoms with Gasteiger partial charge < -0.3 is 19.7 Å². The van der Waals surface area contributed by atoms with Crippen molar-refractivity contribution in [2.45, 2.75) is 9.79 Å². The molecule has 0 heterocycles. The second-order valence-corrected chi connectivity index (χ2v) is 8.44. The van der Waals surface area contributed by atoms with Crippen molar-refractivity contribution in [1.29, 1.82) is 0 Å². The molecule has 4 rings (SSSR count). The number of para-hydroxylation sites is 2. The number of hydrogen-bond donors (Lipinski definition) is 2. The molecule has 34 heavy (non-hydrogen) atoms. The van der Waals surface area contributed by atoms with Crippen molar-refractivity contribution in [3.8, 4) is 23.0 Å². The maximum atomic E-state index is 13.6. The van der Waals surface area contributed by atoms with Crippen molar-refractivity contribution in [3.63, 3.8) is 0 Å². The predicted molar refractivity (Wildman–Crippen MR) is 125 cm³/mol. The molecule has 0 saturated heterocycles. The highest BCUT2D eigenvalue weighted by atomic mass is 32.2. The highest BCUT2D eigenvalue weighted by molar-refractivity contribution is 7.85. The molecular formula is C26H18O7S. The number of carbonyl (C=O) groups is 2. The summed E-state index contributed by atoms with van der Waals surface area (Å²) >= 11 is 0. The molecule has 0 radical (unpaired) electrons. The fourth-order valence-electron chi connectivity index (χ4n) is 3.08. The Morgan fingerprint density at radius 1 is 0.559 bits per heavy atom. The van der Waals surface area contributed by atoms with Crippen LogP contribution < -0.4 is 9.47 Å². The quantitative estimate of drug-likeness (QED) is 0.330. The van der Waals surface area contributed by atoms with Crippen molar-refractivity contribution < 1.29 is 33.5 Å². The van der Waals surface area contributed by atoms with Crippen LogP contribution in [0.25, 0.3) is 0 Å². The van der Waals surface area contributed by atoms with Gasteiger partial charge in [0.1, 0.15) is 23.0 Å². The largest absolute Gasteiger partial charge is 0.478 e. The number of ether oxygens (including phenoxy) is 2. The zero-order valence-corrected chi connectivity index (χ0v) is 18.4. The van der Waals surface area contributed by atoms with E-state index in [1.165, 1.54) is 48.5 Å². The van der Waals surface area contributed by atoms with Crippen LogP contribution >= 0.6 is 0 Å². The third-order valence-electron chi connectivity index (χ3n) is 4.76. The van der Waals surface area contributed by atoms with Gasteiger partial charge in [-0.3, -0.25) is 0 Å². The van der Waals surface area contributed by atoms with Gasteiger partial charge >= 0.3 is 11.9 Å². The maximum Gasteiger partial charge on any atom is 0.335 e. The molecule has 4 aromatic rings. The van der Waals surface area contributed by atoms with Crippen LogP contribution in [0.1, 0.15) is 20.7 Å². The lowest BCUT2D eigenvalue weighted by atomic mass is 10.2. The van der Waals surface area contributed by atoms with Crippen molar-refractivity contribution in [1.82, 2.24) is 0 Å². The minimum absolute atomic E-state index is 0.131. The summed E-state index contributed by atoms with van der Waals surface area (Å²) in [5.74, 6) is -0.575. The van der Waals surface area contributed by atoms with Crippen LogP contribution in [0.15, 0.2) is 107 Å². The van der Waals surface area contributed by atoms with E-state index in [9.17, 15) is 13.8 Å². The third-order valence-corrected chi connectivity index (χ3v) is 6.23. The zero-order valence-electron chi connectivity index (χ0n) is 17.6. The van der Waals surface area contributed by atoms with Crippen LogP contribution in [0.4, 0.5) is 0 Å². The van der Waals surface area contributed by atoms with Crippen LogP contribution in [-0.2, 0) is 10.8 Å². The summed E-state index contributed by atoms with van der Waals surface area (Å²) < 4.78 is 25.3. The summed E-state index contributed by atoms with van der Waals surface area (Å²) in [5.41, 5.74) is 0.262. The first-order valence-electron chi connectivity index (χ1n) is 10.0.